The van der Waals surface area contributed by atoms with Crippen molar-refractivity contribution in [3.63, 3.8) is 0 Å². The number of alkyl halides is 3. The van der Waals surface area contributed by atoms with Gasteiger partial charge in [0.2, 0.25) is 0 Å². The number of hydrogen-bond donors (Lipinski definition) is 1. The molecule has 1 aliphatic heterocycles. The number of piperidine rings is 1. The highest BCUT2D eigenvalue weighted by Gasteiger charge is 2.41. The Morgan fingerprint density at radius 1 is 1.27 bits per heavy atom. The lowest BCUT2D eigenvalue weighted by Gasteiger charge is -2.30. The maximum absolute atomic E-state index is 12.1. The minimum atomic E-state index is -4.06. The smallest absolute Gasteiger partial charge is 0.304 e. The van der Waals surface area contributed by atoms with Crippen molar-refractivity contribution >= 4 is 0 Å². The lowest BCUT2D eigenvalue weighted by Crippen LogP contribution is -2.49. The molecule has 2 atom stereocenters. The molecule has 0 saturated carbocycles. The molecule has 0 bridgehead atoms. The van der Waals surface area contributed by atoms with Crippen LogP contribution in [0.2, 0.25) is 0 Å². The minimum absolute atomic E-state index is 0.00961. The molecular formula is C7H12F3N. The van der Waals surface area contributed by atoms with Gasteiger partial charge in [-0.1, -0.05) is 6.42 Å². The summed E-state index contributed by atoms with van der Waals surface area (Å²) in [7, 11) is 0. The highest BCUT2D eigenvalue weighted by atomic mass is 19.4. The number of nitrogens with one attached hydrogen (secondary N) is 1. The summed E-state index contributed by atoms with van der Waals surface area (Å²) in [6.45, 7) is 1.79. The summed E-state index contributed by atoms with van der Waals surface area (Å²) in [5.74, 6) is 0. The molecule has 0 spiro atoms. The summed E-state index contributed by atoms with van der Waals surface area (Å²) in [6, 6.07) is -1.26. The molecule has 1 rings (SSSR count). The van der Waals surface area contributed by atoms with Gasteiger partial charge in [-0.25, -0.2) is 0 Å². The van der Waals surface area contributed by atoms with Crippen LogP contribution in [0.25, 0.3) is 0 Å². The van der Waals surface area contributed by atoms with Crippen molar-refractivity contribution in [2.75, 3.05) is 0 Å². The van der Waals surface area contributed by atoms with Crippen LogP contribution >= 0.6 is 0 Å². The lowest BCUT2D eigenvalue weighted by atomic mass is 9.99. The first-order valence-electron chi connectivity index (χ1n) is 3.83. The Bertz CT molecular complexity index is 132. The summed E-state index contributed by atoms with van der Waals surface area (Å²) in [4.78, 5) is 0. The third-order valence-corrected chi connectivity index (χ3v) is 2.01. The van der Waals surface area contributed by atoms with Gasteiger partial charge < -0.3 is 5.32 Å². The molecule has 0 aliphatic carbocycles. The van der Waals surface area contributed by atoms with Gasteiger partial charge in [0.05, 0.1) is 0 Å². The molecule has 0 aromatic rings. The molecule has 0 aromatic heterocycles. The van der Waals surface area contributed by atoms with Crippen LogP contribution in [-0.2, 0) is 0 Å². The Labute approximate surface area is 64.0 Å². The van der Waals surface area contributed by atoms with E-state index >= 15 is 0 Å². The van der Waals surface area contributed by atoms with Gasteiger partial charge in [-0.3, -0.25) is 0 Å². The molecule has 0 aromatic carbocycles. The van der Waals surface area contributed by atoms with E-state index in [1.165, 1.54) is 0 Å². The van der Waals surface area contributed by atoms with Crippen molar-refractivity contribution in [3.05, 3.63) is 0 Å². The van der Waals surface area contributed by atoms with Crippen LogP contribution in [0.4, 0.5) is 13.2 Å². The van der Waals surface area contributed by atoms with Gasteiger partial charge in [-0.05, 0) is 19.8 Å². The fourth-order valence-corrected chi connectivity index (χ4v) is 1.40. The van der Waals surface area contributed by atoms with Crippen molar-refractivity contribution in [2.24, 2.45) is 0 Å². The van der Waals surface area contributed by atoms with Gasteiger partial charge in [0.1, 0.15) is 6.04 Å². The standard InChI is InChI=1S/C7H12F3N/c1-5-3-2-4-6(11-5)7(8,9)10/h5-6,11H,2-4H2,1H3/t5-,6+/m1/s1. The van der Waals surface area contributed by atoms with Crippen LogP contribution in [0.15, 0.2) is 0 Å². The van der Waals surface area contributed by atoms with Gasteiger partial charge in [-0.2, -0.15) is 13.2 Å². The van der Waals surface area contributed by atoms with Crippen LogP contribution in [0.5, 0.6) is 0 Å². The van der Waals surface area contributed by atoms with Crippen LogP contribution in [0, 0.1) is 0 Å². The molecular weight excluding hydrogens is 155 g/mol. The zero-order valence-corrected chi connectivity index (χ0v) is 6.41. The van der Waals surface area contributed by atoms with Crippen LogP contribution in [-0.4, -0.2) is 18.3 Å². The molecule has 1 saturated heterocycles. The Kier molecular flexibility index (Phi) is 2.42. The zero-order chi connectivity index (χ0) is 8.48. The Morgan fingerprint density at radius 3 is 2.27 bits per heavy atom. The summed E-state index contributed by atoms with van der Waals surface area (Å²) in [5, 5.41) is 2.53. The van der Waals surface area contributed by atoms with E-state index in [0.717, 1.165) is 6.42 Å². The van der Waals surface area contributed by atoms with Crippen LogP contribution < -0.4 is 5.32 Å². The highest BCUT2D eigenvalue weighted by molar-refractivity contribution is 4.82. The van der Waals surface area contributed by atoms with Gasteiger partial charge in [0.25, 0.3) is 0 Å². The van der Waals surface area contributed by atoms with E-state index in [0.29, 0.717) is 6.42 Å². The van der Waals surface area contributed by atoms with Crippen LogP contribution in [0.1, 0.15) is 26.2 Å². The van der Waals surface area contributed by atoms with Crippen molar-refractivity contribution in [1.82, 2.24) is 5.32 Å². The fraction of sp³-hybridized carbons (Fsp3) is 1.00. The maximum atomic E-state index is 12.1. The van der Waals surface area contributed by atoms with Crippen molar-refractivity contribution in [1.29, 1.82) is 0 Å². The maximum Gasteiger partial charge on any atom is 0.403 e. The normalized spacial score (nSPS) is 33.8. The van der Waals surface area contributed by atoms with E-state index in [1.807, 2.05) is 0 Å². The third kappa shape index (κ3) is 2.36. The van der Waals surface area contributed by atoms with E-state index in [4.69, 9.17) is 0 Å². The quantitative estimate of drug-likeness (QED) is 0.582. The predicted molar refractivity (Wildman–Crippen MR) is 36.3 cm³/mol. The monoisotopic (exact) mass is 167 g/mol. The van der Waals surface area contributed by atoms with E-state index in [1.54, 1.807) is 6.92 Å². The predicted octanol–water partition coefficient (Wildman–Crippen LogP) is 2.08. The summed E-state index contributed by atoms with van der Waals surface area (Å²) in [6.07, 6.45) is -2.30. The van der Waals surface area contributed by atoms with Crippen LogP contribution in [0.3, 0.4) is 0 Å². The number of halogens is 3. The molecule has 66 valence electrons. The molecule has 0 radical (unpaired) electrons. The minimum Gasteiger partial charge on any atom is -0.304 e. The molecule has 1 nitrogen and oxygen atoms in total. The van der Waals surface area contributed by atoms with Crippen molar-refractivity contribution < 1.29 is 13.2 Å². The summed E-state index contributed by atoms with van der Waals surface area (Å²) >= 11 is 0. The number of rotatable bonds is 0. The molecule has 0 unspecified atom stereocenters. The topological polar surface area (TPSA) is 12.0 Å². The lowest BCUT2D eigenvalue weighted by molar-refractivity contribution is -0.162. The molecule has 1 aliphatic rings. The van der Waals surface area contributed by atoms with E-state index in [2.05, 4.69) is 5.32 Å². The molecule has 1 N–H and O–H groups in total. The van der Waals surface area contributed by atoms with E-state index in [9.17, 15) is 13.2 Å². The molecule has 4 heteroatoms. The second-order valence-electron chi connectivity index (χ2n) is 3.09. The molecule has 1 fully saturated rings. The second-order valence-corrected chi connectivity index (χ2v) is 3.09. The van der Waals surface area contributed by atoms with Gasteiger partial charge in [-0.15, -0.1) is 0 Å². The van der Waals surface area contributed by atoms with Gasteiger partial charge in [0, 0.05) is 6.04 Å². The summed E-state index contributed by atoms with van der Waals surface area (Å²) < 4.78 is 36.2. The molecule has 0 amide bonds. The largest absolute Gasteiger partial charge is 0.403 e. The molecule has 1 heterocycles. The van der Waals surface area contributed by atoms with Gasteiger partial charge >= 0.3 is 6.18 Å². The average Bonchev–Trinajstić information content (AvgIpc) is 1.86. The first-order chi connectivity index (χ1) is 5.00. The Balaban J connectivity index is 2.46. The first-order valence-corrected chi connectivity index (χ1v) is 3.83. The summed E-state index contributed by atoms with van der Waals surface area (Å²) in [5.41, 5.74) is 0. The third-order valence-electron chi connectivity index (χ3n) is 2.01. The van der Waals surface area contributed by atoms with Crippen molar-refractivity contribution in [2.45, 2.75) is 44.4 Å². The highest BCUT2D eigenvalue weighted by Crippen LogP contribution is 2.27. The SMILES string of the molecule is C[C@@H]1CCC[C@@H](C(F)(F)F)N1. The Hall–Kier alpha value is -0.250. The number of hydrogen-bond acceptors (Lipinski definition) is 1. The fourth-order valence-electron chi connectivity index (χ4n) is 1.40. The van der Waals surface area contributed by atoms with E-state index < -0.39 is 12.2 Å². The van der Waals surface area contributed by atoms with Crippen molar-refractivity contribution in [3.8, 4) is 0 Å². The zero-order valence-electron chi connectivity index (χ0n) is 6.41. The second kappa shape index (κ2) is 3.01. The first kappa shape index (κ1) is 8.84. The average molecular weight is 167 g/mol. The van der Waals surface area contributed by atoms with E-state index in [-0.39, 0.29) is 12.5 Å². The van der Waals surface area contributed by atoms with Gasteiger partial charge in [0.15, 0.2) is 0 Å². The molecule has 11 heavy (non-hydrogen) atoms. The Morgan fingerprint density at radius 2 is 1.91 bits per heavy atom.